The highest BCUT2D eigenvalue weighted by Gasteiger charge is 2.28. The van der Waals surface area contributed by atoms with E-state index in [1.165, 1.54) is 0 Å². The van der Waals surface area contributed by atoms with Gasteiger partial charge in [0.05, 0.1) is 16.4 Å². The third-order valence-corrected chi connectivity index (χ3v) is 3.33. The third kappa shape index (κ3) is 2.41. The number of nitrogen functional groups attached to an aromatic ring is 1. The van der Waals surface area contributed by atoms with E-state index in [9.17, 15) is 4.79 Å². The van der Waals surface area contributed by atoms with Crippen molar-refractivity contribution < 1.29 is 4.79 Å². The van der Waals surface area contributed by atoms with E-state index in [1.807, 2.05) is 43.5 Å². The van der Waals surface area contributed by atoms with E-state index in [4.69, 9.17) is 5.73 Å². The number of hydrogen-bond acceptors (Lipinski definition) is 3. The Balaban J connectivity index is 2.48. The molecule has 0 aliphatic heterocycles. The van der Waals surface area contributed by atoms with Crippen LogP contribution in [0.2, 0.25) is 0 Å². The first-order valence-corrected chi connectivity index (χ1v) is 6.30. The molecule has 0 radical (unpaired) electrons. The lowest BCUT2D eigenvalue weighted by Gasteiger charge is -2.24. The van der Waals surface area contributed by atoms with E-state index in [1.54, 1.807) is 7.05 Å². The van der Waals surface area contributed by atoms with Crippen LogP contribution in [-0.4, -0.2) is 22.5 Å². The van der Waals surface area contributed by atoms with Gasteiger partial charge in [0.2, 0.25) is 11.9 Å². The molecule has 3 N–H and O–H groups in total. The van der Waals surface area contributed by atoms with Crippen molar-refractivity contribution in [2.75, 3.05) is 12.8 Å². The molecular formula is C14H20N4O. The van der Waals surface area contributed by atoms with Gasteiger partial charge in [-0.15, -0.1) is 0 Å². The van der Waals surface area contributed by atoms with Crippen LogP contribution in [0.25, 0.3) is 11.0 Å². The van der Waals surface area contributed by atoms with Gasteiger partial charge < -0.3 is 15.6 Å². The third-order valence-electron chi connectivity index (χ3n) is 3.33. The van der Waals surface area contributed by atoms with Crippen LogP contribution in [0.1, 0.15) is 19.4 Å². The molecule has 5 heteroatoms. The highest BCUT2D eigenvalue weighted by molar-refractivity contribution is 5.83. The SMILES string of the molecule is CNC(=O)C(C)(C)Cn1c(N)nc2ccc(C)cc21. The smallest absolute Gasteiger partial charge is 0.227 e. The molecule has 1 heterocycles. The van der Waals surface area contributed by atoms with Crippen molar-refractivity contribution in [1.82, 2.24) is 14.9 Å². The number of hydrogen-bond donors (Lipinski definition) is 2. The van der Waals surface area contributed by atoms with Crippen molar-refractivity contribution >= 4 is 22.9 Å². The first kappa shape index (κ1) is 13.4. The van der Waals surface area contributed by atoms with Gasteiger partial charge in [0.15, 0.2) is 0 Å². The lowest BCUT2D eigenvalue weighted by Crippen LogP contribution is -2.37. The average molecular weight is 260 g/mol. The Morgan fingerprint density at radius 2 is 2.16 bits per heavy atom. The van der Waals surface area contributed by atoms with Gasteiger partial charge in [-0.1, -0.05) is 6.07 Å². The molecule has 0 unspecified atom stereocenters. The zero-order chi connectivity index (χ0) is 14.2. The van der Waals surface area contributed by atoms with E-state index in [-0.39, 0.29) is 5.91 Å². The molecule has 0 saturated heterocycles. The lowest BCUT2D eigenvalue weighted by molar-refractivity contribution is -0.129. The molecule has 2 rings (SSSR count). The molecule has 5 nitrogen and oxygen atoms in total. The Morgan fingerprint density at radius 1 is 1.47 bits per heavy atom. The first-order valence-electron chi connectivity index (χ1n) is 6.30. The summed E-state index contributed by atoms with van der Waals surface area (Å²) >= 11 is 0. The number of nitrogens with zero attached hydrogens (tertiary/aromatic N) is 2. The molecule has 19 heavy (non-hydrogen) atoms. The van der Waals surface area contributed by atoms with Crippen LogP contribution in [0.3, 0.4) is 0 Å². The number of nitrogens with two attached hydrogens (primary N) is 1. The Hall–Kier alpha value is -2.04. The molecule has 0 saturated carbocycles. The van der Waals surface area contributed by atoms with E-state index < -0.39 is 5.41 Å². The number of aromatic nitrogens is 2. The van der Waals surface area contributed by atoms with E-state index in [0.717, 1.165) is 16.6 Å². The van der Waals surface area contributed by atoms with Crippen LogP contribution in [0.5, 0.6) is 0 Å². The molecule has 2 aromatic rings. The molecule has 0 bridgehead atoms. The molecule has 1 amide bonds. The monoisotopic (exact) mass is 260 g/mol. The fourth-order valence-corrected chi connectivity index (χ4v) is 2.22. The second-order valence-electron chi connectivity index (χ2n) is 5.51. The molecule has 0 aliphatic carbocycles. The van der Waals surface area contributed by atoms with Crippen LogP contribution in [0.15, 0.2) is 18.2 Å². The number of fused-ring (bicyclic) bond motifs is 1. The van der Waals surface area contributed by atoms with Crippen molar-refractivity contribution in [3.63, 3.8) is 0 Å². The predicted octanol–water partition coefficient (Wildman–Crippen LogP) is 1.70. The summed E-state index contributed by atoms with van der Waals surface area (Å²) < 4.78 is 1.90. The van der Waals surface area contributed by atoms with Crippen LogP contribution in [0.4, 0.5) is 5.95 Å². The zero-order valence-electron chi connectivity index (χ0n) is 11.8. The molecule has 1 aromatic carbocycles. The minimum Gasteiger partial charge on any atom is -0.369 e. The molecule has 0 spiro atoms. The van der Waals surface area contributed by atoms with Gasteiger partial charge in [-0.05, 0) is 38.5 Å². The zero-order valence-corrected chi connectivity index (χ0v) is 11.8. The summed E-state index contributed by atoms with van der Waals surface area (Å²) in [5.74, 6) is 0.430. The van der Waals surface area contributed by atoms with Crippen molar-refractivity contribution in [1.29, 1.82) is 0 Å². The number of anilines is 1. The maximum atomic E-state index is 11.9. The number of imidazole rings is 1. The van der Waals surface area contributed by atoms with E-state index in [2.05, 4.69) is 10.3 Å². The molecule has 1 aromatic heterocycles. The second kappa shape index (κ2) is 4.57. The van der Waals surface area contributed by atoms with Gasteiger partial charge in [0.25, 0.3) is 0 Å². The molecule has 0 aliphatic rings. The average Bonchev–Trinajstić information content (AvgIpc) is 2.64. The first-order chi connectivity index (χ1) is 8.85. The van der Waals surface area contributed by atoms with Gasteiger partial charge in [-0.2, -0.15) is 0 Å². The highest BCUT2D eigenvalue weighted by Crippen LogP contribution is 2.25. The molecular weight excluding hydrogens is 240 g/mol. The minimum atomic E-state index is -0.541. The standard InChI is InChI=1S/C14H20N4O/c1-9-5-6-10-11(7-9)18(13(15)17-10)8-14(2,3)12(19)16-4/h5-7H,8H2,1-4H3,(H2,15,17)(H,16,19). The maximum Gasteiger partial charge on any atom is 0.227 e. The number of aryl methyl sites for hydroxylation is 1. The molecule has 0 fully saturated rings. The largest absolute Gasteiger partial charge is 0.369 e. The summed E-state index contributed by atoms with van der Waals surface area (Å²) in [7, 11) is 1.64. The van der Waals surface area contributed by atoms with Gasteiger partial charge >= 0.3 is 0 Å². The predicted molar refractivity (Wildman–Crippen MR) is 76.7 cm³/mol. The van der Waals surface area contributed by atoms with Crippen molar-refractivity contribution in [2.45, 2.75) is 27.3 Å². The molecule has 102 valence electrons. The summed E-state index contributed by atoms with van der Waals surface area (Å²) in [6.07, 6.45) is 0. The van der Waals surface area contributed by atoms with Crippen LogP contribution in [-0.2, 0) is 11.3 Å². The highest BCUT2D eigenvalue weighted by atomic mass is 16.2. The van der Waals surface area contributed by atoms with E-state index >= 15 is 0 Å². The normalized spacial score (nSPS) is 11.8. The summed E-state index contributed by atoms with van der Waals surface area (Å²) in [5.41, 5.74) is 8.40. The molecule has 0 atom stereocenters. The number of rotatable bonds is 3. The van der Waals surface area contributed by atoms with E-state index in [0.29, 0.717) is 12.5 Å². The fourth-order valence-electron chi connectivity index (χ4n) is 2.22. The fraction of sp³-hybridized carbons (Fsp3) is 0.429. The van der Waals surface area contributed by atoms with Gasteiger partial charge in [-0.3, -0.25) is 4.79 Å². The Morgan fingerprint density at radius 3 is 2.79 bits per heavy atom. The summed E-state index contributed by atoms with van der Waals surface area (Å²) in [6, 6.07) is 5.99. The number of nitrogens with one attached hydrogen (secondary N) is 1. The van der Waals surface area contributed by atoms with Gasteiger partial charge in [-0.25, -0.2) is 4.98 Å². The topological polar surface area (TPSA) is 72.9 Å². The lowest BCUT2D eigenvalue weighted by atomic mass is 9.92. The Labute approximate surface area is 112 Å². The number of carbonyl (C=O) groups is 1. The van der Waals surface area contributed by atoms with Crippen molar-refractivity contribution in [3.05, 3.63) is 23.8 Å². The number of amides is 1. The Bertz CT molecular complexity index is 628. The van der Waals surface area contributed by atoms with Gasteiger partial charge in [0.1, 0.15) is 0 Å². The van der Waals surface area contributed by atoms with Crippen molar-refractivity contribution in [2.24, 2.45) is 5.41 Å². The number of carbonyl (C=O) groups excluding carboxylic acids is 1. The summed E-state index contributed by atoms with van der Waals surface area (Å²) in [6.45, 7) is 6.31. The maximum absolute atomic E-state index is 11.9. The van der Waals surface area contributed by atoms with Crippen LogP contribution in [0, 0.1) is 12.3 Å². The van der Waals surface area contributed by atoms with Crippen LogP contribution >= 0.6 is 0 Å². The van der Waals surface area contributed by atoms with Crippen LogP contribution < -0.4 is 11.1 Å². The quantitative estimate of drug-likeness (QED) is 0.882. The van der Waals surface area contributed by atoms with Gasteiger partial charge in [0, 0.05) is 13.6 Å². The number of benzene rings is 1. The minimum absolute atomic E-state index is 0.0126. The Kier molecular flexibility index (Phi) is 3.22. The second-order valence-corrected chi connectivity index (χ2v) is 5.51. The van der Waals surface area contributed by atoms with Crippen molar-refractivity contribution in [3.8, 4) is 0 Å². The summed E-state index contributed by atoms with van der Waals surface area (Å²) in [5, 5.41) is 2.68. The summed E-state index contributed by atoms with van der Waals surface area (Å²) in [4.78, 5) is 16.2.